The summed E-state index contributed by atoms with van der Waals surface area (Å²) in [4.78, 5) is 9.02. The van der Waals surface area contributed by atoms with Gasteiger partial charge in [0.1, 0.15) is 11.6 Å². The SMILES string of the molecule is Fc1ccc(C2C(OCCc3cc(C(F)(F)F)cc(C(F)(F)F)c3)OCCN2CC#CCc2ncc[nH]2)cc1. The monoisotopic (exact) mass is 555 g/mol. The van der Waals surface area contributed by atoms with Gasteiger partial charge < -0.3 is 14.5 Å². The van der Waals surface area contributed by atoms with Crippen molar-refractivity contribution in [3.05, 3.63) is 88.8 Å². The Bertz CT molecular complexity index is 1250. The molecule has 2 heterocycles. The average molecular weight is 555 g/mol. The number of ether oxygens (including phenoxy) is 2. The molecule has 0 aliphatic carbocycles. The van der Waals surface area contributed by atoms with E-state index >= 15 is 0 Å². The molecule has 1 fully saturated rings. The van der Waals surface area contributed by atoms with Gasteiger partial charge in [0.05, 0.1) is 43.3 Å². The molecule has 0 amide bonds. The van der Waals surface area contributed by atoms with E-state index in [4.69, 9.17) is 9.47 Å². The molecule has 12 heteroatoms. The highest BCUT2D eigenvalue weighted by Gasteiger charge is 2.37. The van der Waals surface area contributed by atoms with Crippen LogP contribution in [0, 0.1) is 17.7 Å². The standard InChI is InChI=1S/C27H24F7N3O2/c28-22-6-4-19(5-7-22)24-25(39-14-12-37(24)11-2-1-3-23-35-9-10-36-23)38-13-8-18-15-20(26(29,30)31)17-21(16-18)27(32,33)34/h4-7,9-10,15-17,24-25H,3,8,11-14H2,(H,35,36). The van der Waals surface area contributed by atoms with E-state index < -0.39 is 41.6 Å². The maximum atomic E-state index is 13.6. The van der Waals surface area contributed by atoms with E-state index in [2.05, 4.69) is 21.8 Å². The van der Waals surface area contributed by atoms with Gasteiger partial charge in [-0.15, -0.1) is 0 Å². The highest BCUT2D eigenvalue weighted by Crippen LogP contribution is 2.37. The summed E-state index contributed by atoms with van der Waals surface area (Å²) in [5.41, 5.74) is -2.28. The van der Waals surface area contributed by atoms with Gasteiger partial charge in [-0.3, -0.25) is 4.90 Å². The summed E-state index contributed by atoms with van der Waals surface area (Å²) < 4.78 is 104. The fraction of sp³-hybridized carbons (Fsp3) is 0.370. The summed E-state index contributed by atoms with van der Waals surface area (Å²) in [5.74, 6) is 6.36. The van der Waals surface area contributed by atoms with E-state index in [0.29, 0.717) is 43.0 Å². The minimum Gasteiger partial charge on any atom is -0.350 e. The Kier molecular flexibility index (Phi) is 8.94. The van der Waals surface area contributed by atoms with Gasteiger partial charge in [-0.1, -0.05) is 24.0 Å². The Balaban J connectivity index is 1.48. The van der Waals surface area contributed by atoms with Gasteiger partial charge in [-0.2, -0.15) is 26.3 Å². The maximum absolute atomic E-state index is 13.6. The molecule has 2 unspecified atom stereocenters. The summed E-state index contributed by atoms with van der Waals surface area (Å²) >= 11 is 0. The van der Waals surface area contributed by atoms with E-state index in [0.717, 1.165) is 0 Å². The third-order valence-corrected chi connectivity index (χ3v) is 6.06. The van der Waals surface area contributed by atoms with Gasteiger partial charge in [0.15, 0.2) is 6.29 Å². The first-order valence-electron chi connectivity index (χ1n) is 12.0. The zero-order valence-electron chi connectivity index (χ0n) is 20.5. The van der Waals surface area contributed by atoms with Crippen molar-refractivity contribution in [2.45, 2.75) is 37.5 Å². The van der Waals surface area contributed by atoms with Crippen LogP contribution in [0.4, 0.5) is 30.7 Å². The van der Waals surface area contributed by atoms with Gasteiger partial charge in [-0.05, 0) is 47.9 Å². The third kappa shape index (κ3) is 7.81. The van der Waals surface area contributed by atoms with Crippen molar-refractivity contribution in [2.75, 3.05) is 26.3 Å². The summed E-state index contributed by atoms with van der Waals surface area (Å²) in [7, 11) is 0. The highest BCUT2D eigenvalue weighted by molar-refractivity contribution is 5.33. The van der Waals surface area contributed by atoms with Crippen LogP contribution >= 0.6 is 0 Å². The molecular formula is C27H24F7N3O2. The van der Waals surface area contributed by atoms with Crippen molar-refractivity contribution in [3.8, 4) is 11.8 Å². The molecule has 208 valence electrons. The fourth-order valence-corrected chi connectivity index (χ4v) is 4.19. The minimum atomic E-state index is -4.94. The van der Waals surface area contributed by atoms with E-state index in [1.807, 2.05) is 4.90 Å². The van der Waals surface area contributed by atoms with Crippen molar-refractivity contribution < 1.29 is 40.2 Å². The lowest BCUT2D eigenvalue weighted by molar-refractivity contribution is -0.208. The summed E-state index contributed by atoms with van der Waals surface area (Å²) in [6, 6.07) is 6.60. The smallest absolute Gasteiger partial charge is 0.350 e. The summed E-state index contributed by atoms with van der Waals surface area (Å²) in [6.07, 6.45) is -7.28. The number of aromatic nitrogens is 2. The fourth-order valence-electron chi connectivity index (χ4n) is 4.19. The lowest BCUT2D eigenvalue weighted by atomic mass is 10.0. The predicted molar refractivity (Wildman–Crippen MR) is 127 cm³/mol. The molecule has 39 heavy (non-hydrogen) atoms. The summed E-state index contributed by atoms with van der Waals surface area (Å²) in [5, 5.41) is 0. The Hall–Kier alpha value is -3.40. The molecule has 1 aliphatic rings. The first kappa shape index (κ1) is 28.6. The van der Waals surface area contributed by atoms with Gasteiger partial charge in [-0.25, -0.2) is 9.37 Å². The number of morpholine rings is 1. The maximum Gasteiger partial charge on any atom is 0.416 e. The Morgan fingerprint density at radius 3 is 2.31 bits per heavy atom. The number of halogens is 7. The van der Waals surface area contributed by atoms with E-state index in [1.54, 1.807) is 24.5 Å². The molecular weight excluding hydrogens is 531 g/mol. The van der Waals surface area contributed by atoms with Crippen LogP contribution in [-0.4, -0.2) is 47.5 Å². The van der Waals surface area contributed by atoms with Crippen molar-refractivity contribution in [3.63, 3.8) is 0 Å². The Morgan fingerprint density at radius 2 is 1.69 bits per heavy atom. The van der Waals surface area contributed by atoms with Crippen LogP contribution in [0.15, 0.2) is 54.9 Å². The molecule has 0 bridgehead atoms. The number of aromatic amines is 1. The minimum absolute atomic E-state index is 0.0873. The molecule has 2 aromatic carbocycles. The normalized spacial score (nSPS) is 18.5. The van der Waals surface area contributed by atoms with Crippen molar-refractivity contribution in [1.29, 1.82) is 0 Å². The third-order valence-electron chi connectivity index (χ3n) is 6.06. The summed E-state index contributed by atoms with van der Waals surface area (Å²) in [6.45, 7) is 0.831. The van der Waals surface area contributed by atoms with Gasteiger partial charge in [0.2, 0.25) is 0 Å². The van der Waals surface area contributed by atoms with Crippen molar-refractivity contribution in [1.82, 2.24) is 14.9 Å². The quantitative estimate of drug-likeness (QED) is 0.296. The van der Waals surface area contributed by atoms with E-state index in [1.165, 1.54) is 12.1 Å². The number of hydrogen-bond acceptors (Lipinski definition) is 4. The Labute approximate surface area is 219 Å². The molecule has 0 radical (unpaired) electrons. The van der Waals surface area contributed by atoms with Crippen LogP contribution in [0.1, 0.15) is 34.1 Å². The zero-order valence-corrected chi connectivity index (χ0v) is 20.5. The van der Waals surface area contributed by atoms with Crippen LogP contribution in [0.3, 0.4) is 0 Å². The molecule has 3 aromatic rings. The van der Waals surface area contributed by atoms with Gasteiger partial charge >= 0.3 is 12.4 Å². The Morgan fingerprint density at radius 1 is 1.00 bits per heavy atom. The largest absolute Gasteiger partial charge is 0.416 e. The van der Waals surface area contributed by atoms with Crippen molar-refractivity contribution >= 4 is 0 Å². The lowest BCUT2D eigenvalue weighted by Crippen LogP contribution is -2.46. The molecule has 1 aliphatic heterocycles. The molecule has 5 nitrogen and oxygen atoms in total. The number of nitrogens with zero attached hydrogens (tertiary/aromatic N) is 2. The van der Waals surface area contributed by atoms with Crippen molar-refractivity contribution in [2.24, 2.45) is 0 Å². The molecule has 4 rings (SSSR count). The zero-order chi connectivity index (χ0) is 28.0. The average Bonchev–Trinajstić information content (AvgIpc) is 3.40. The van der Waals surface area contributed by atoms with E-state index in [-0.39, 0.29) is 31.3 Å². The van der Waals surface area contributed by atoms with Crippen LogP contribution in [0.2, 0.25) is 0 Å². The first-order valence-corrected chi connectivity index (χ1v) is 12.0. The second kappa shape index (κ2) is 12.2. The van der Waals surface area contributed by atoms with E-state index in [9.17, 15) is 30.7 Å². The number of nitrogens with one attached hydrogen (secondary N) is 1. The molecule has 2 atom stereocenters. The number of imidazole rings is 1. The first-order chi connectivity index (χ1) is 18.5. The molecule has 1 N–H and O–H groups in total. The number of alkyl halides is 6. The highest BCUT2D eigenvalue weighted by atomic mass is 19.4. The molecule has 0 spiro atoms. The van der Waals surface area contributed by atoms with Crippen LogP contribution < -0.4 is 0 Å². The van der Waals surface area contributed by atoms with Gasteiger partial charge in [0.25, 0.3) is 0 Å². The number of hydrogen-bond donors (Lipinski definition) is 1. The number of benzene rings is 2. The lowest BCUT2D eigenvalue weighted by Gasteiger charge is -2.40. The number of rotatable bonds is 7. The van der Waals surface area contributed by atoms with Crippen LogP contribution in [0.5, 0.6) is 0 Å². The molecule has 1 saturated heterocycles. The topological polar surface area (TPSA) is 50.4 Å². The molecule has 0 saturated carbocycles. The predicted octanol–water partition coefficient (Wildman–Crippen LogP) is 5.79. The van der Waals surface area contributed by atoms with Gasteiger partial charge in [0, 0.05) is 18.9 Å². The second-order valence-electron chi connectivity index (χ2n) is 8.81. The second-order valence-corrected chi connectivity index (χ2v) is 8.81. The van der Waals surface area contributed by atoms with Crippen LogP contribution in [-0.2, 0) is 34.7 Å². The van der Waals surface area contributed by atoms with Crippen LogP contribution in [0.25, 0.3) is 0 Å². The molecule has 1 aromatic heterocycles. The number of H-pyrrole nitrogens is 1.